The van der Waals surface area contributed by atoms with E-state index in [0.29, 0.717) is 48.0 Å². The molecule has 0 spiro atoms. The van der Waals surface area contributed by atoms with Crippen LogP contribution in [0.1, 0.15) is 11.1 Å². The fraction of sp³-hybridized carbons (Fsp3) is 0.348. The van der Waals surface area contributed by atoms with Gasteiger partial charge >= 0.3 is 6.18 Å². The first-order chi connectivity index (χ1) is 17.8. The Hall–Kier alpha value is -3.36. The lowest BCUT2D eigenvalue weighted by molar-refractivity contribution is -0.138. The molecule has 15 heteroatoms. The quantitative estimate of drug-likeness (QED) is 0.362. The number of benzene rings is 2. The highest BCUT2D eigenvalue weighted by Crippen LogP contribution is 2.37. The molecule has 0 saturated carbocycles. The Bertz CT molecular complexity index is 1280. The molecule has 0 atom stereocenters. The number of nitrogens with one attached hydrogen (secondary N) is 1. The molecule has 3 rings (SSSR count). The van der Waals surface area contributed by atoms with E-state index in [2.05, 4.69) is 10.5 Å². The monoisotopic (exact) mass is 576 g/mol. The number of hydrazone groups is 1. The van der Waals surface area contributed by atoms with E-state index in [4.69, 9.17) is 21.1 Å². The number of morpholine rings is 1. The molecular weight excluding hydrogens is 553 g/mol. The average molecular weight is 577 g/mol. The summed E-state index contributed by atoms with van der Waals surface area (Å²) >= 11 is 5.59. The molecular formula is C23H24ClF3N4O6S. The lowest BCUT2D eigenvalue weighted by Gasteiger charge is -2.26. The number of carbonyl (C=O) groups excluding carboxylic acids is 2. The first kappa shape index (κ1) is 29.2. The minimum absolute atomic E-state index is 0.127. The van der Waals surface area contributed by atoms with Crippen molar-refractivity contribution in [2.45, 2.75) is 6.18 Å². The fourth-order valence-electron chi connectivity index (χ4n) is 3.33. The van der Waals surface area contributed by atoms with Gasteiger partial charge in [-0.1, -0.05) is 11.6 Å². The predicted octanol–water partition coefficient (Wildman–Crippen LogP) is 2.51. The van der Waals surface area contributed by atoms with E-state index >= 15 is 0 Å². The SMILES string of the molecule is CS(=O)(=O)N(CC(=O)N/N=C\c1ccc(OCC(=O)N2CCOCC2)cc1)c1ccc(Cl)c(C(F)(F)F)c1. The van der Waals surface area contributed by atoms with E-state index in [1.54, 1.807) is 29.2 Å². The Balaban J connectivity index is 1.57. The van der Waals surface area contributed by atoms with Crippen LogP contribution in [0.25, 0.3) is 0 Å². The Morgan fingerprint density at radius 2 is 1.84 bits per heavy atom. The molecule has 2 amide bonds. The van der Waals surface area contributed by atoms with Gasteiger partial charge in [0.2, 0.25) is 10.0 Å². The summed E-state index contributed by atoms with van der Waals surface area (Å²) in [6.07, 6.45) is -2.79. The maximum absolute atomic E-state index is 13.2. The third kappa shape index (κ3) is 8.33. The number of rotatable bonds is 9. The maximum Gasteiger partial charge on any atom is 0.417 e. The van der Waals surface area contributed by atoms with E-state index in [1.165, 1.54) is 6.21 Å². The molecule has 0 bridgehead atoms. The van der Waals surface area contributed by atoms with E-state index in [0.717, 1.165) is 18.4 Å². The van der Waals surface area contributed by atoms with Crippen LogP contribution in [0.15, 0.2) is 47.6 Å². The van der Waals surface area contributed by atoms with Crippen LogP contribution in [0.5, 0.6) is 5.75 Å². The summed E-state index contributed by atoms with van der Waals surface area (Å²) in [4.78, 5) is 26.1. The van der Waals surface area contributed by atoms with Crippen LogP contribution >= 0.6 is 11.6 Å². The van der Waals surface area contributed by atoms with Gasteiger partial charge in [0.1, 0.15) is 12.3 Å². The summed E-state index contributed by atoms with van der Waals surface area (Å²) in [7, 11) is -4.13. The van der Waals surface area contributed by atoms with E-state index in [9.17, 15) is 31.2 Å². The number of sulfonamides is 1. The van der Waals surface area contributed by atoms with Crippen molar-refractivity contribution in [2.75, 3.05) is 50.0 Å². The third-order valence-electron chi connectivity index (χ3n) is 5.24. The van der Waals surface area contributed by atoms with Gasteiger partial charge in [-0.25, -0.2) is 13.8 Å². The number of carbonyl (C=O) groups is 2. The molecule has 206 valence electrons. The zero-order valence-corrected chi connectivity index (χ0v) is 21.6. The highest BCUT2D eigenvalue weighted by atomic mass is 35.5. The Labute approximate surface area is 222 Å². The number of anilines is 1. The Morgan fingerprint density at radius 3 is 2.45 bits per heavy atom. The summed E-state index contributed by atoms with van der Waals surface area (Å²) in [6.45, 7) is 1.06. The molecule has 38 heavy (non-hydrogen) atoms. The van der Waals surface area contributed by atoms with Crippen LogP contribution < -0.4 is 14.5 Å². The average Bonchev–Trinajstić information content (AvgIpc) is 2.86. The number of ether oxygens (including phenoxy) is 2. The summed E-state index contributed by atoms with van der Waals surface area (Å²) in [5.41, 5.74) is 1.06. The minimum Gasteiger partial charge on any atom is -0.484 e. The van der Waals surface area contributed by atoms with E-state index in [-0.39, 0.29) is 18.2 Å². The molecule has 0 radical (unpaired) electrons. The maximum atomic E-state index is 13.2. The molecule has 10 nitrogen and oxygen atoms in total. The third-order valence-corrected chi connectivity index (χ3v) is 6.71. The number of alkyl halides is 3. The molecule has 1 aliphatic heterocycles. The topological polar surface area (TPSA) is 118 Å². The van der Waals surface area contributed by atoms with Crippen molar-refractivity contribution in [3.8, 4) is 5.75 Å². The van der Waals surface area contributed by atoms with Gasteiger partial charge < -0.3 is 14.4 Å². The van der Waals surface area contributed by atoms with Crippen molar-refractivity contribution in [1.82, 2.24) is 10.3 Å². The summed E-state index contributed by atoms with van der Waals surface area (Å²) in [5.74, 6) is -0.604. The lowest BCUT2D eigenvalue weighted by atomic mass is 10.2. The molecule has 1 aliphatic rings. The molecule has 1 fully saturated rings. The highest BCUT2D eigenvalue weighted by molar-refractivity contribution is 7.92. The second-order valence-electron chi connectivity index (χ2n) is 8.08. The lowest BCUT2D eigenvalue weighted by Crippen LogP contribution is -2.42. The van der Waals surface area contributed by atoms with Crippen molar-refractivity contribution in [3.05, 3.63) is 58.6 Å². The van der Waals surface area contributed by atoms with Gasteiger partial charge in [0.05, 0.1) is 42.0 Å². The van der Waals surface area contributed by atoms with Gasteiger partial charge in [0.25, 0.3) is 11.8 Å². The second kappa shape index (κ2) is 12.5. The molecule has 0 aliphatic carbocycles. The van der Waals surface area contributed by atoms with Crippen molar-refractivity contribution in [1.29, 1.82) is 0 Å². The van der Waals surface area contributed by atoms with Gasteiger partial charge in [-0.05, 0) is 48.0 Å². The standard InChI is InChI=1S/C23H24ClF3N4O6S/c1-38(34,35)31(17-4-7-20(24)19(12-17)23(25,26)27)14-21(32)29-28-13-16-2-5-18(6-3-16)37-15-22(33)30-8-10-36-11-9-30/h2-7,12-13H,8-11,14-15H2,1H3,(H,29,32)/b28-13-. The van der Waals surface area contributed by atoms with Gasteiger partial charge in [-0.15, -0.1) is 0 Å². The summed E-state index contributed by atoms with van der Waals surface area (Å²) < 4.78 is 75.1. The van der Waals surface area contributed by atoms with Gasteiger partial charge in [0.15, 0.2) is 6.61 Å². The number of hydrogen-bond donors (Lipinski definition) is 1. The minimum atomic E-state index is -4.82. The first-order valence-corrected chi connectivity index (χ1v) is 13.3. The predicted molar refractivity (Wildman–Crippen MR) is 134 cm³/mol. The van der Waals surface area contributed by atoms with Crippen molar-refractivity contribution >= 4 is 45.3 Å². The largest absolute Gasteiger partial charge is 0.484 e. The van der Waals surface area contributed by atoms with E-state index < -0.39 is 39.2 Å². The normalized spacial score (nSPS) is 14.4. The van der Waals surface area contributed by atoms with Crippen LogP contribution in [0, 0.1) is 0 Å². The van der Waals surface area contributed by atoms with Crippen LogP contribution in [0.2, 0.25) is 5.02 Å². The zero-order valence-electron chi connectivity index (χ0n) is 20.1. The molecule has 0 unspecified atom stereocenters. The number of hydrogen-bond acceptors (Lipinski definition) is 7. The second-order valence-corrected chi connectivity index (χ2v) is 10.4. The van der Waals surface area contributed by atoms with Crippen LogP contribution in [0.3, 0.4) is 0 Å². The van der Waals surface area contributed by atoms with Crippen LogP contribution in [-0.2, 0) is 30.5 Å². The summed E-state index contributed by atoms with van der Waals surface area (Å²) in [6, 6.07) is 8.93. The molecule has 1 N–H and O–H groups in total. The van der Waals surface area contributed by atoms with Crippen LogP contribution in [-0.4, -0.2) is 77.1 Å². The van der Waals surface area contributed by atoms with E-state index in [1.807, 2.05) is 0 Å². The van der Waals surface area contributed by atoms with Crippen molar-refractivity contribution < 1.29 is 40.7 Å². The molecule has 2 aromatic rings. The molecule has 0 aromatic heterocycles. The Morgan fingerprint density at radius 1 is 1.18 bits per heavy atom. The molecule has 1 heterocycles. The number of nitrogens with zero attached hydrogens (tertiary/aromatic N) is 3. The molecule has 2 aromatic carbocycles. The summed E-state index contributed by atoms with van der Waals surface area (Å²) in [5, 5.41) is 3.14. The highest BCUT2D eigenvalue weighted by Gasteiger charge is 2.34. The van der Waals surface area contributed by atoms with Gasteiger partial charge in [-0.2, -0.15) is 18.3 Å². The molecule has 1 saturated heterocycles. The first-order valence-electron chi connectivity index (χ1n) is 11.1. The van der Waals surface area contributed by atoms with Gasteiger partial charge in [0, 0.05) is 13.1 Å². The Kier molecular flexibility index (Phi) is 9.57. The number of amides is 2. The zero-order chi connectivity index (χ0) is 27.9. The number of halogens is 4. The van der Waals surface area contributed by atoms with Crippen molar-refractivity contribution in [3.63, 3.8) is 0 Å². The van der Waals surface area contributed by atoms with Gasteiger partial charge in [-0.3, -0.25) is 13.9 Å². The fourth-order valence-corrected chi connectivity index (χ4v) is 4.40. The smallest absolute Gasteiger partial charge is 0.417 e. The van der Waals surface area contributed by atoms with Crippen molar-refractivity contribution in [2.24, 2.45) is 5.10 Å². The van der Waals surface area contributed by atoms with Crippen LogP contribution in [0.4, 0.5) is 18.9 Å².